The van der Waals surface area contributed by atoms with Gasteiger partial charge in [0.2, 0.25) is 5.91 Å². The highest BCUT2D eigenvalue weighted by atomic mass is 16.4. The number of carboxylic acid groups (broad SMARTS) is 1. The maximum Gasteiger partial charge on any atom is 0.307 e. The summed E-state index contributed by atoms with van der Waals surface area (Å²) in [4.78, 5) is 26.0. The lowest BCUT2D eigenvalue weighted by molar-refractivity contribution is -0.153. The van der Waals surface area contributed by atoms with Gasteiger partial charge in [-0.25, -0.2) is 0 Å². The largest absolute Gasteiger partial charge is 0.481 e. The van der Waals surface area contributed by atoms with Gasteiger partial charge in [-0.1, -0.05) is 26.7 Å². The minimum atomic E-state index is -0.793. The number of carbonyl (C=O) groups excluding carboxylic acids is 1. The van der Waals surface area contributed by atoms with Gasteiger partial charge in [-0.2, -0.15) is 0 Å². The van der Waals surface area contributed by atoms with Crippen LogP contribution in [-0.2, 0) is 9.59 Å². The summed E-state index contributed by atoms with van der Waals surface area (Å²) < 4.78 is 0. The smallest absolute Gasteiger partial charge is 0.307 e. The molecule has 0 aromatic heterocycles. The molecule has 0 radical (unpaired) electrons. The number of aliphatic carboxylic acids is 1. The van der Waals surface area contributed by atoms with E-state index in [1.165, 1.54) is 0 Å². The van der Waals surface area contributed by atoms with E-state index in [1.807, 2.05) is 4.90 Å². The van der Waals surface area contributed by atoms with Crippen molar-refractivity contribution >= 4 is 11.9 Å². The van der Waals surface area contributed by atoms with Crippen LogP contribution in [0.5, 0.6) is 0 Å². The minimum absolute atomic E-state index is 0.100. The fourth-order valence-corrected chi connectivity index (χ4v) is 3.69. The van der Waals surface area contributed by atoms with Crippen LogP contribution in [-0.4, -0.2) is 34.5 Å². The molecular weight excluding hydrogens is 242 g/mol. The van der Waals surface area contributed by atoms with Gasteiger partial charge >= 0.3 is 5.97 Å². The average molecular weight is 267 g/mol. The van der Waals surface area contributed by atoms with E-state index >= 15 is 0 Å². The molecule has 19 heavy (non-hydrogen) atoms. The molecule has 1 amide bonds. The molecule has 1 saturated heterocycles. The molecule has 1 saturated carbocycles. The third-order valence-corrected chi connectivity index (χ3v) is 4.75. The second kappa shape index (κ2) is 5.93. The zero-order valence-corrected chi connectivity index (χ0v) is 12.0. The molecule has 3 atom stereocenters. The maximum absolute atomic E-state index is 12.7. The molecule has 0 aromatic carbocycles. The highest BCUT2D eigenvalue weighted by molar-refractivity contribution is 5.85. The Kier molecular flexibility index (Phi) is 4.48. The summed E-state index contributed by atoms with van der Waals surface area (Å²) in [6, 6.07) is 0.309. The molecule has 1 aliphatic carbocycles. The lowest BCUT2D eigenvalue weighted by Gasteiger charge is -2.35. The van der Waals surface area contributed by atoms with E-state index in [9.17, 15) is 14.7 Å². The summed E-state index contributed by atoms with van der Waals surface area (Å²) in [5.74, 6) is -0.986. The standard InChI is InChI=1S/C15H25NO3/c1-10(2)13-8-5-9-16(13)14(17)11-6-3-4-7-12(11)15(18)19/h10-13H,3-9H2,1-2H3,(H,18,19)/t11-,12+,13?/m1/s1. The van der Waals surface area contributed by atoms with Gasteiger partial charge in [0.15, 0.2) is 0 Å². The molecule has 1 N–H and O–H groups in total. The normalized spacial score (nSPS) is 31.7. The number of nitrogens with zero attached hydrogens (tertiary/aromatic N) is 1. The minimum Gasteiger partial charge on any atom is -0.481 e. The molecule has 0 spiro atoms. The first-order valence-corrected chi connectivity index (χ1v) is 7.55. The molecule has 108 valence electrons. The average Bonchev–Trinajstić information content (AvgIpc) is 2.87. The Balaban J connectivity index is 2.10. The third-order valence-electron chi connectivity index (χ3n) is 4.75. The topological polar surface area (TPSA) is 57.6 Å². The molecule has 2 rings (SSSR count). The number of hydrogen-bond acceptors (Lipinski definition) is 2. The Hall–Kier alpha value is -1.06. The predicted molar refractivity (Wildman–Crippen MR) is 72.7 cm³/mol. The molecule has 4 heteroatoms. The zero-order chi connectivity index (χ0) is 14.0. The molecule has 2 aliphatic rings. The fourth-order valence-electron chi connectivity index (χ4n) is 3.69. The second-order valence-corrected chi connectivity index (χ2v) is 6.32. The molecule has 0 bridgehead atoms. The number of likely N-dealkylation sites (tertiary alicyclic amines) is 1. The molecule has 1 heterocycles. The van der Waals surface area contributed by atoms with Crippen molar-refractivity contribution < 1.29 is 14.7 Å². The van der Waals surface area contributed by atoms with E-state index in [0.717, 1.165) is 38.6 Å². The first-order chi connectivity index (χ1) is 9.02. The Morgan fingerprint density at radius 1 is 1.05 bits per heavy atom. The summed E-state index contributed by atoms with van der Waals surface area (Å²) >= 11 is 0. The third kappa shape index (κ3) is 2.93. The van der Waals surface area contributed by atoms with Crippen LogP contribution in [0.4, 0.5) is 0 Å². The Morgan fingerprint density at radius 2 is 1.68 bits per heavy atom. The number of carboxylic acids is 1. The van der Waals surface area contributed by atoms with Crippen molar-refractivity contribution in [3.63, 3.8) is 0 Å². The maximum atomic E-state index is 12.7. The van der Waals surface area contributed by atoms with Crippen LogP contribution in [0, 0.1) is 17.8 Å². The molecule has 0 aromatic rings. The van der Waals surface area contributed by atoms with Crippen LogP contribution in [0.1, 0.15) is 52.4 Å². The highest BCUT2D eigenvalue weighted by Crippen LogP contribution is 2.34. The lowest BCUT2D eigenvalue weighted by Crippen LogP contribution is -2.46. The summed E-state index contributed by atoms with van der Waals surface area (Å²) in [5, 5.41) is 9.30. The van der Waals surface area contributed by atoms with Crippen LogP contribution in [0.25, 0.3) is 0 Å². The van der Waals surface area contributed by atoms with Crippen molar-refractivity contribution in [1.82, 2.24) is 4.90 Å². The Bertz CT molecular complexity index is 353. The highest BCUT2D eigenvalue weighted by Gasteiger charge is 2.41. The van der Waals surface area contributed by atoms with Crippen LogP contribution in [0.2, 0.25) is 0 Å². The number of rotatable bonds is 3. The zero-order valence-electron chi connectivity index (χ0n) is 12.0. The molecular formula is C15H25NO3. The van der Waals surface area contributed by atoms with Crippen molar-refractivity contribution in [3.8, 4) is 0 Å². The fraction of sp³-hybridized carbons (Fsp3) is 0.867. The SMILES string of the molecule is CC(C)C1CCCN1C(=O)[C@@H]1CCCC[C@@H]1C(=O)O. The van der Waals surface area contributed by atoms with Gasteiger partial charge in [0.25, 0.3) is 0 Å². The predicted octanol–water partition coefficient (Wildman–Crippen LogP) is 2.52. The van der Waals surface area contributed by atoms with Crippen LogP contribution in [0.3, 0.4) is 0 Å². The number of hydrogen-bond donors (Lipinski definition) is 1. The van der Waals surface area contributed by atoms with Gasteiger partial charge in [0.1, 0.15) is 0 Å². The van der Waals surface area contributed by atoms with Crippen LogP contribution < -0.4 is 0 Å². The second-order valence-electron chi connectivity index (χ2n) is 6.32. The van der Waals surface area contributed by atoms with E-state index in [2.05, 4.69) is 13.8 Å². The van der Waals surface area contributed by atoms with E-state index in [4.69, 9.17) is 0 Å². The quantitative estimate of drug-likeness (QED) is 0.854. The molecule has 4 nitrogen and oxygen atoms in total. The van der Waals surface area contributed by atoms with Crippen molar-refractivity contribution in [2.45, 2.75) is 58.4 Å². The number of amides is 1. The van der Waals surface area contributed by atoms with E-state index in [1.54, 1.807) is 0 Å². The summed E-state index contributed by atoms with van der Waals surface area (Å²) in [7, 11) is 0. The van der Waals surface area contributed by atoms with E-state index in [0.29, 0.717) is 18.4 Å². The van der Waals surface area contributed by atoms with Gasteiger partial charge in [-0.05, 0) is 31.6 Å². The first-order valence-electron chi connectivity index (χ1n) is 7.55. The first kappa shape index (κ1) is 14.4. The Labute approximate surface area is 115 Å². The van der Waals surface area contributed by atoms with Gasteiger partial charge in [0, 0.05) is 12.6 Å². The van der Waals surface area contributed by atoms with Crippen molar-refractivity contribution in [2.24, 2.45) is 17.8 Å². The van der Waals surface area contributed by atoms with Crippen molar-refractivity contribution in [1.29, 1.82) is 0 Å². The molecule has 1 unspecified atom stereocenters. The van der Waals surface area contributed by atoms with Gasteiger partial charge < -0.3 is 10.0 Å². The van der Waals surface area contributed by atoms with Gasteiger partial charge in [-0.3, -0.25) is 9.59 Å². The summed E-state index contributed by atoms with van der Waals surface area (Å²) in [6.45, 7) is 5.10. The van der Waals surface area contributed by atoms with Crippen LogP contribution in [0.15, 0.2) is 0 Å². The van der Waals surface area contributed by atoms with Crippen LogP contribution >= 0.6 is 0 Å². The van der Waals surface area contributed by atoms with Gasteiger partial charge in [-0.15, -0.1) is 0 Å². The summed E-state index contributed by atoms with van der Waals surface area (Å²) in [6.07, 6.45) is 5.45. The summed E-state index contributed by atoms with van der Waals surface area (Å²) in [5.41, 5.74) is 0. The Morgan fingerprint density at radius 3 is 2.26 bits per heavy atom. The van der Waals surface area contributed by atoms with E-state index < -0.39 is 11.9 Å². The van der Waals surface area contributed by atoms with Gasteiger partial charge in [0.05, 0.1) is 11.8 Å². The number of carbonyl (C=O) groups is 2. The van der Waals surface area contributed by atoms with Crippen molar-refractivity contribution in [3.05, 3.63) is 0 Å². The van der Waals surface area contributed by atoms with Crippen molar-refractivity contribution in [2.75, 3.05) is 6.54 Å². The molecule has 2 fully saturated rings. The molecule has 1 aliphatic heterocycles. The lowest BCUT2D eigenvalue weighted by atomic mass is 9.78. The van der Waals surface area contributed by atoms with E-state index in [-0.39, 0.29) is 11.8 Å². The monoisotopic (exact) mass is 267 g/mol.